The van der Waals surface area contributed by atoms with E-state index in [0.717, 1.165) is 50.0 Å². The van der Waals surface area contributed by atoms with E-state index >= 15 is 0 Å². The van der Waals surface area contributed by atoms with Gasteiger partial charge in [0.05, 0.1) is 6.10 Å². The molecule has 1 aliphatic rings. The van der Waals surface area contributed by atoms with E-state index in [2.05, 4.69) is 91.8 Å². The second-order valence-electron chi connectivity index (χ2n) is 11.7. The first-order chi connectivity index (χ1) is 18.3. The van der Waals surface area contributed by atoms with Crippen LogP contribution in [0.25, 0.3) is 0 Å². The molecule has 0 aliphatic heterocycles. The second kappa shape index (κ2) is 15.3. The predicted molar refractivity (Wildman–Crippen MR) is 164 cm³/mol. The zero-order chi connectivity index (χ0) is 27.7. The summed E-state index contributed by atoms with van der Waals surface area (Å²) in [6.07, 6.45) is 10.5. The van der Waals surface area contributed by atoms with Gasteiger partial charge in [-0.25, -0.2) is 0 Å². The summed E-state index contributed by atoms with van der Waals surface area (Å²) in [4.78, 5) is 0. The van der Waals surface area contributed by atoms with Gasteiger partial charge in [0, 0.05) is 0 Å². The molecule has 0 saturated heterocycles. The van der Waals surface area contributed by atoms with E-state index in [4.69, 9.17) is 13.6 Å². The van der Waals surface area contributed by atoms with Gasteiger partial charge in [-0.2, -0.15) is 0 Å². The molecule has 0 radical (unpaired) electrons. The van der Waals surface area contributed by atoms with Crippen LogP contribution in [-0.2, 0) is 4.52 Å². The summed E-state index contributed by atoms with van der Waals surface area (Å²) in [7, 11) is -1.58. The van der Waals surface area contributed by atoms with Crippen molar-refractivity contribution in [2.24, 2.45) is 0 Å². The molecule has 0 amide bonds. The highest BCUT2D eigenvalue weighted by Gasteiger charge is 2.26. The first-order valence-electron chi connectivity index (χ1n) is 15.4. The first kappa shape index (κ1) is 31.0. The van der Waals surface area contributed by atoms with Crippen LogP contribution in [0.2, 0.25) is 0 Å². The molecule has 38 heavy (non-hydrogen) atoms. The molecule has 1 saturated carbocycles. The third-order valence-corrected chi connectivity index (χ3v) is 9.97. The van der Waals surface area contributed by atoms with E-state index in [9.17, 15) is 0 Å². The van der Waals surface area contributed by atoms with Crippen molar-refractivity contribution in [1.29, 1.82) is 0 Å². The van der Waals surface area contributed by atoms with Crippen LogP contribution in [0.1, 0.15) is 159 Å². The molecule has 0 heterocycles. The molecule has 212 valence electrons. The van der Waals surface area contributed by atoms with Gasteiger partial charge in [-0.3, -0.25) is 4.52 Å². The molecule has 2 aromatic rings. The SMILES string of the molecule is CCC(C)c1cc(OP(Oc2cc(C(C)CC)cc(C(C)CC)c2)OC2CCCCC2)cc(C(C)CC)c1. The molecule has 0 aromatic heterocycles. The largest absolute Gasteiger partial charge is 0.463 e. The van der Waals surface area contributed by atoms with Gasteiger partial charge < -0.3 is 9.05 Å². The summed E-state index contributed by atoms with van der Waals surface area (Å²) >= 11 is 0. The Hall–Kier alpha value is -1.57. The quantitative estimate of drug-likeness (QED) is 0.223. The van der Waals surface area contributed by atoms with E-state index < -0.39 is 8.60 Å². The fourth-order valence-corrected chi connectivity index (χ4v) is 6.14. The van der Waals surface area contributed by atoms with Crippen LogP contribution in [-0.4, -0.2) is 6.10 Å². The maximum atomic E-state index is 6.67. The zero-order valence-electron chi connectivity index (χ0n) is 25.4. The summed E-state index contributed by atoms with van der Waals surface area (Å²) < 4.78 is 20.0. The lowest BCUT2D eigenvalue weighted by atomic mass is 9.91. The van der Waals surface area contributed by atoms with Gasteiger partial charge in [-0.05, 0) is 109 Å². The maximum absolute atomic E-state index is 6.67. The van der Waals surface area contributed by atoms with Gasteiger partial charge >= 0.3 is 8.60 Å². The van der Waals surface area contributed by atoms with Crippen LogP contribution < -0.4 is 9.05 Å². The van der Waals surface area contributed by atoms with E-state index in [-0.39, 0.29) is 6.10 Å². The lowest BCUT2D eigenvalue weighted by Crippen LogP contribution is -2.17. The number of rotatable bonds is 14. The molecular weight excluding hydrogens is 487 g/mol. The molecule has 3 nitrogen and oxygen atoms in total. The predicted octanol–water partition coefficient (Wildman–Crippen LogP) is 11.8. The third-order valence-electron chi connectivity index (χ3n) is 8.78. The Morgan fingerprint density at radius 3 is 1.24 bits per heavy atom. The molecule has 4 heteroatoms. The maximum Gasteiger partial charge on any atom is 0.463 e. The molecule has 1 fully saturated rings. The fourth-order valence-electron chi connectivity index (χ4n) is 5.00. The van der Waals surface area contributed by atoms with Crippen LogP contribution in [0.4, 0.5) is 0 Å². The van der Waals surface area contributed by atoms with E-state index in [1.807, 2.05) is 0 Å². The van der Waals surface area contributed by atoms with Crippen LogP contribution in [0.5, 0.6) is 11.5 Å². The Balaban J connectivity index is 1.96. The molecule has 0 bridgehead atoms. The van der Waals surface area contributed by atoms with E-state index in [0.29, 0.717) is 23.7 Å². The molecule has 4 atom stereocenters. The third kappa shape index (κ3) is 8.72. The first-order valence-corrected chi connectivity index (χ1v) is 16.5. The minimum absolute atomic E-state index is 0.202. The van der Waals surface area contributed by atoms with Crippen molar-refractivity contribution in [3.05, 3.63) is 58.7 Å². The van der Waals surface area contributed by atoms with Crippen molar-refractivity contribution in [3.63, 3.8) is 0 Å². The summed E-state index contributed by atoms with van der Waals surface area (Å²) in [5, 5.41) is 0. The van der Waals surface area contributed by atoms with Gasteiger partial charge in [0.2, 0.25) is 0 Å². The van der Waals surface area contributed by atoms with Gasteiger partial charge in [0.15, 0.2) is 0 Å². The summed E-state index contributed by atoms with van der Waals surface area (Å²) in [6, 6.07) is 13.6. The number of benzene rings is 2. The number of hydrogen-bond acceptors (Lipinski definition) is 3. The summed E-state index contributed by atoms with van der Waals surface area (Å²) in [5.41, 5.74) is 5.35. The summed E-state index contributed by atoms with van der Waals surface area (Å²) in [6.45, 7) is 18.2. The average Bonchev–Trinajstić information content (AvgIpc) is 2.95. The van der Waals surface area contributed by atoms with Crippen LogP contribution >= 0.6 is 8.60 Å². The number of hydrogen-bond donors (Lipinski definition) is 0. The molecule has 0 spiro atoms. The normalized spacial score (nSPS) is 18.4. The standard InChI is InChI=1S/C34H53O3P/c1-9-24(5)28-18-29(25(6)10-2)21-33(20-28)36-38(35-32-16-14-13-15-17-32)37-34-22-30(26(7)11-3)19-31(23-34)27(8)12-4/h18-27,32H,9-17H2,1-8H3. The van der Waals surface area contributed by atoms with Gasteiger partial charge in [-0.15, -0.1) is 0 Å². The highest BCUT2D eigenvalue weighted by molar-refractivity contribution is 7.42. The monoisotopic (exact) mass is 540 g/mol. The molecular formula is C34H53O3P. The summed E-state index contributed by atoms with van der Waals surface area (Å²) in [5.74, 6) is 3.69. The van der Waals surface area contributed by atoms with Crippen molar-refractivity contribution in [2.45, 2.75) is 143 Å². The van der Waals surface area contributed by atoms with Crippen molar-refractivity contribution >= 4 is 8.60 Å². The van der Waals surface area contributed by atoms with Crippen LogP contribution in [0.15, 0.2) is 36.4 Å². The lowest BCUT2D eigenvalue weighted by Gasteiger charge is -2.27. The van der Waals surface area contributed by atoms with Crippen molar-refractivity contribution in [3.8, 4) is 11.5 Å². The minimum Gasteiger partial charge on any atom is -0.418 e. The van der Waals surface area contributed by atoms with E-state index in [1.165, 1.54) is 41.5 Å². The van der Waals surface area contributed by atoms with Crippen molar-refractivity contribution < 1.29 is 13.6 Å². The van der Waals surface area contributed by atoms with Crippen LogP contribution in [0, 0.1) is 0 Å². The van der Waals surface area contributed by atoms with E-state index in [1.54, 1.807) is 0 Å². The smallest absolute Gasteiger partial charge is 0.418 e. The Bertz CT molecular complexity index is 858. The van der Waals surface area contributed by atoms with Gasteiger partial charge in [0.25, 0.3) is 0 Å². The Morgan fingerprint density at radius 2 is 0.921 bits per heavy atom. The van der Waals surface area contributed by atoms with Crippen molar-refractivity contribution in [1.82, 2.24) is 0 Å². The Morgan fingerprint density at radius 1 is 0.579 bits per heavy atom. The van der Waals surface area contributed by atoms with Gasteiger partial charge in [-0.1, -0.05) is 86.8 Å². The second-order valence-corrected chi connectivity index (χ2v) is 12.7. The molecule has 1 aliphatic carbocycles. The zero-order valence-corrected chi connectivity index (χ0v) is 26.3. The van der Waals surface area contributed by atoms with Crippen LogP contribution in [0.3, 0.4) is 0 Å². The highest BCUT2D eigenvalue weighted by Crippen LogP contribution is 2.47. The highest BCUT2D eigenvalue weighted by atomic mass is 31.2. The topological polar surface area (TPSA) is 27.7 Å². The minimum atomic E-state index is -1.58. The molecule has 4 unspecified atom stereocenters. The fraction of sp³-hybridized carbons (Fsp3) is 0.647. The average molecular weight is 541 g/mol. The van der Waals surface area contributed by atoms with Crippen molar-refractivity contribution in [2.75, 3.05) is 0 Å². The molecule has 3 rings (SSSR count). The van der Waals surface area contributed by atoms with Gasteiger partial charge in [0.1, 0.15) is 11.5 Å². The molecule has 2 aromatic carbocycles. The Kier molecular flexibility index (Phi) is 12.4. The lowest BCUT2D eigenvalue weighted by molar-refractivity contribution is 0.138. The Labute approximate surface area is 235 Å². The molecule has 0 N–H and O–H groups in total.